The number of nitrogens with zero attached hydrogens (tertiary/aromatic N) is 1. The first-order chi connectivity index (χ1) is 8.43. The molecule has 0 aromatic heterocycles. The lowest BCUT2D eigenvalue weighted by molar-refractivity contribution is -0.137. The number of anilines is 1. The number of alkyl halides is 4. The predicted octanol–water partition coefficient (Wildman–Crippen LogP) is 3.30. The average Bonchev–Trinajstić information content (AvgIpc) is 2.69. The van der Waals surface area contributed by atoms with Crippen LogP contribution in [-0.2, 0) is 11.0 Å². The Labute approximate surface area is 107 Å². The Bertz CT molecular complexity index is 461. The first-order valence-corrected chi connectivity index (χ1v) is 6.01. The molecule has 1 fully saturated rings. The second kappa shape index (κ2) is 4.80. The number of hydrogen-bond acceptors (Lipinski definition) is 1. The third kappa shape index (κ3) is 2.46. The topological polar surface area (TPSA) is 20.3 Å². The molecule has 6 heteroatoms. The van der Waals surface area contributed by atoms with Crippen molar-refractivity contribution in [2.24, 2.45) is 5.92 Å². The monoisotopic (exact) mass is 277 g/mol. The molecular weight excluding hydrogens is 267 g/mol. The summed E-state index contributed by atoms with van der Waals surface area (Å²) in [4.78, 5) is 13.2. The van der Waals surface area contributed by atoms with Crippen LogP contribution in [0.1, 0.15) is 12.0 Å². The minimum Gasteiger partial charge on any atom is -0.312 e. The van der Waals surface area contributed by atoms with Gasteiger partial charge in [-0.15, -0.1) is 11.6 Å². The molecule has 0 radical (unpaired) electrons. The van der Waals surface area contributed by atoms with E-state index >= 15 is 0 Å². The van der Waals surface area contributed by atoms with Gasteiger partial charge in [-0.2, -0.15) is 13.2 Å². The van der Waals surface area contributed by atoms with Crippen molar-refractivity contribution in [2.45, 2.75) is 12.6 Å². The molecular formula is C12H11ClF3NO. The number of carbonyl (C=O) groups is 1. The van der Waals surface area contributed by atoms with E-state index in [4.69, 9.17) is 11.6 Å². The summed E-state index contributed by atoms with van der Waals surface area (Å²) < 4.78 is 37.7. The number of rotatable bonds is 2. The predicted molar refractivity (Wildman–Crippen MR) is 62.6 cm³/mol. The zero-order valence-corrected chi connectivity index (χ0v) is 10.1. The summed E-state index contributed by atoms with van der Waals surface area (Å²) in [6.07, 6.45) is -3.82. The van der Waals surface area contributed by atoms with E-state index in [0.29, 0.717) is 13.0 Å². The smallest absolute Gasteiger partial charge is 0.312 e. The first-order valence-electron chi connectivity index (χ1n) is 5.48. The molecule has 1 atom stereocenters. The van der Waals surface area contributed by atoms with Crippen LogP contribution in [0.2, 0.25) is 0 Å². The number of carbonyl (C=O) groups excluding carboxylic acids is 1. The molecule has 0 aliphatic carbocycles. The molecule has 0 N–H and O–H groups in total. The number of benzene rings is 1. The Morgan fingerprint density at radius 2 is 2.11 bits per heavy atom. The molecule has 1 saturated heterocycles. The van der Waals surface area contributed by atoms with E-state index < -0.39 is 11.7 Å². The van der Waals surface area contributed by atoms with Gasteiger partial charge in [0, 0.05) is 18.1 Å². The third-order valence-corrected chi connectivity index (χ3v) is 3.36. The van der Waals surface area contributed by atoms with Crippen molar-refractivity contribution in [3.63, 3.8) is 0 Å². The molecule has 0 bridgehead atoms. The maximum absolute atomic E-state index is 12.6. The fraction of sp³-hybridized carbons (Fsp3) is 0.417. The molecule has 2 nitrogen and oxygen atoms in total. The van der Waals surface area contributed by atoms with Gasteiger partial charge < -0.3 is 4.90 Å². The second-order valence-corrected chi connectivity index (χ2v) is 4.49. The van der Waals surface area contributed by atoms with Crippen LogP contribution in [0.4, 0.5) is 18.9 Å². The van der Waals surface area contributed by atoms with Crippen molar-refractivity contribution >= 4 is 23.2 Å². The molecule has 1 aromatic rings. The van der Waals surface area contributed by atoms with Crippen LogP contribution in [0.25, 0.3) is 0 Å². The summed E-state index contributed by atoms with van der Waals surface area (Å²) >= 11 is 5.63. The molecule has 1 aliphatic rings. The zero-order chi connectivity index (χ0) is 13.3. The average molecular weight is 278 g/mol. The van der Waals surface area contributed by atoms with Gasteiger partial charge in [0.05, 0.1) is 11.5 Å². The van der Waals surface area contributed by atoms with E-state index in [0.717, 1.165) is 12.1 Å². The number of halogens is 4. The van der Waals surface area contributed by atoms with Crippen molar-refractivity contribution in [3.8, 4) is 0 Å². The Balaban J connectivity index is 2.27. The van der Waals surface area contributed by atoms with Gasteiger partial charge in [0.15, 0.2) is 0 Å². The summed E-state index contributed by atoms with van der Waals surface area (Å²) in [5.41, 5.74) is -0.468. The third-order valence-electron chi connectivity index (χ3n) is 2.99. The Morgan fingerprint density at radius 3 is 2.67 bits per heavy atom. The van der Waals surface area contributed by atoms with Gasteiger partial charge in [0.1, 0.15) is 0 Å². The lowest BCUT2D eigenvalue weighted by Gasteiger charge is -2.18. The molecule has 0 spiro atoms. The van der Waals surface area contributed by atoms with E-state index in [2.05, 4.69) is 0 Å². The summed E-state index contributed by atoms with van der Waals surface area (Å²) in [5.74, 6) is -0.292. The zero-order valence-electron chi connectivity index (χ0n) is 9.38. The van der Waals surface area contributed by atoms with Crippen molar-refractivity contribution in [1.29, 1.82) is 0 Å². The molecule has 98 valence electrons. The highest BCUT2D eigenvalue weighted by atomic mass is 35.5. The molecule has 1 heterocycles. The lowest BCUT2D eigenvalue weighted by Crippen LogP contribution is -2.27. The van der Waals surface area contributed by atoms with Gasteiger partial charge in [0.25, 0.3) is 0 Å². The van der Waals surface area contributed by atoms with E-state index in [-0.39, 0.29) is 23.4 Å². The standard InChI is InChI=1S/C12H11ClF3NO/c13-7-8-4-5-17(11(8)18)10-3-1-2-9(6-10)12(14,15)16/h1-3,6,8H,4-5,7H2. The minimum atomic E-state index is -4.40. The maximum atomic E-state index is 12.6. The number of hydrogen-bond donors (Lipinski definition) is 0. The van der Waals surface area contributed by atoms with Gasteiger partial charge in [-0.25, -0.2) is 0 Å². The van der Waals surface area contributed by atoms with Crippen molar-refractivity contribution in [1.82, 2.24) is 0 Å². The highest BCUT2D eigenvalue weighted by molar-refractivity contribution is 6.20. The number of amides is 1. The van der Waals surface area contributed by atoms with Gasteiger partial charge in [-0.1, -0.05) is 6.07 Å². The van der Waals surface area contributed by atoms with E-state index in [9.17, 15) is 18.0 Å². The molecule has 1 amide bonds. The van der Waals surface area contributed by atoms with Gasteiger partial charge >= 0.3 is 6.18 Å². The van der Waals surface area contributed by atoms with Crippen LogP contribution in [0, 0.1) is 5.92 Å². The van der Waals surface area contributed by atoms with Gasteiger partial charge in [0.2, 0.25) is 5.91 Å². The van der Waals surface area contributed by atoms with Gasteiger partial charge in [-0.3, -0.25) is 4.79 Å². The van der Waals surface area contributed by atoms with Crippen LogP contribution in [-0.4, -0.2) is 18.3 Å². The lowest BCUT2D eigenvalue weighted by atomic mass is 10.1. The van der Waals surface area contributed by atoms with Gasteiger partial charge in [-0.05, 0) is 24.6 Å². The normalized spacial score (nSPS) is 20.6. The molecule has 1 unspecified atom stereocenters. The second-order valence-electron chi connectivity index (χ2n) is 4.18. The van der Waals surface area contributed by atoms with Crippen LogP contribution in [0.3, 0.4) is 0 Å². The van der Waals surface area contributed by atoms with Crippen LogP contribution >= 0.6 is 11.6 Å². The Hall–Kier alpha value is -1.23. The molecule has 2 rings (SSSR count). The first kappa shape index (κ1) is 13.2. The maximum Gasteiger partial charge on any atom is 0.416 e. The summed E-state index contributed by atoms with van der Waals surface area (Å²) in [6, 6.07) is 4.79. The Kier molecular flexibility index (Phi) is 3.52. The van der Waals surface area contributed by atoms with Crippen LogP contribution in [0.15, 0.2) is 24.3 Å². The van der Waals surface area contributed by atoms with Crippen LogP contribution < -0.4 is 4.90 Å². The highest BCUT2D eigenvalue weighted by Crippen LogP contribution is 2.33. The van der Waals surface area contributed by atoms with Crippen molar-refractivity contribution in [3.05, 3.63) is 29.8 Å². The highest BCUT2D eigenvalue weighted by Gasteiger charge is 2.34. The van der Waals surface area contributed by atoms with Crippen molar-refractivity contribution < 1.29 is 18.0 Å². The molecule has 0 saturated carbocycles. The van der Waals surface area contributed by atoms with E-state index in [1.165, 1.54) is 17.0 Å². The van der Waals surface area contributed by atoms with E-state index in [1.54, 1.807) is 0 Å². The largest absolute Gasteiger partial charge is 0.416 e. The molecule has 18 heavy (non-hydrogen) atoms. The van der Waals surface area contributed by atoms with E-state index in [1.807, 2.05) is 0 Å². The van der Waals surface area contributed by atoms with Crippen molar-refractivity contribution in [2.75, 3.05) is 17.3 Å². The summed E-state index contributed by atoms with van der Waals surface area (Å²) in [7, 11) is 0. The quantitative estimate of drug-likeness (QED) is 0.760. The fourth-order valence-electron chi connectivity index (χ4n) is 1.99. The summed E-state index contributed by atoms with van der Waals surface area (Å²) in [6.45, 7) is 0.414. The fourth-order valence-corrected chi connectivity index (χ4v) is 2.27. The minimum absolute atomic E-state index is 0.203. The van der Waals surface area contributed by atoms with Crippen LogP contribution in [0.5, 0.6) is 0 Å². The molecule has 1 aromatic carbocycles. The SMILES string of the molecule is O=C1C(CCl)CCN1c1cccc(C(F)(F)F)c1. The molecule has 1 aliphatic heterocycles. The Morgan fingerprint density at radius 1 is 1.39 bits per heavy atom. The summed E-state index contributed by atoms with van der Waals surface area (Å²) in [5, 5.41) is 0.